The largest absolute Gasteiger partial charge is 0.385 e. The van der Waals surface area contributed by atoms with Gasteiger partial charge < -0.3 is 20.3 Å². The van der Waals surface area contributed by atoms with Gasteiger partial charge in [0.2, 0.25) is 0 Å². The van der Waals surface area contributed by atoms with Crippen LogP contribution in [-0.4, -0.2) is 57.8 Å². The van der Waals surface area contributed by atoms with Gasteiger partial charge in [0.15, 0.2) is 5.96 Å². The topological polar surface area (TPSA) is 48.9 Å². The van der Waals surface area contributed by atoms with Crippen LogP contribution in [0.4, 0.5) is 0 Å². The van der Waals surface area contributed by atoms with Gasteiger partial charge in [0.05, 0.1) is 6.54 Å². The summed E-state index contributed by atoms with van der Waals surface area (Å²) in [6.07, 6.45) is 1.06. The van der Waals surface area contributed by atoms with Crippen molar-refractivity contribution in [3.63, 3.8) is 0 Å². The first kappa shape index (κ1) is 23.6. The lowest BCUT2D eigenvalue weighted by Gasteiger charge is -2.18. The van der Waals surface area contributed by atoms with Crippen LogP contribution in [0.5, 0.6) is 0 Å². The Bertz CT molecular complexity index is 456. The van der Waals surface area contributed by atoms with Crippen molar-refractivity contribution in [1.82, 2.24) is 15.5 Å². The Balaban J connectivity index is 0.00000529. The third-order valence-corrected chi connectivity index (χ3v) is 3.88. The molecule has 2 N–H and O–H groups in total. The fourth-order valence-electron chi connectivity index (χ4n) is 2.06. The van der Waals surface area contributed by atoms with Crippen LogP contribution in [0.15, 0.2) is 33.7 Å². The molecule has 0 aromatic heterocycles. The second kappa shape index (κ2) is 14.9. The number of halogens is 2. The van der Waals surface area contributed by atoms with Gasteiger partial charge in [-0.15, -0.1) is 24.0 Å². The highest BCUT2D eigenvalue weighted by Crippen LogP contribution is 2.10. The van der Waals surface area contributed by atoms with E-state index >= 15 is 0 Å². The lowest BCUT2D eigenvalue weighted by Crippen LogP contribution is -2.41. The second-order valence-electron chi connectivity index (χ2n) is 5.40. The number of ether oxygens (including phenoxy) is 1. The van der Waals surface area contributed by atoms with Crippen LogP contribution in [0.25, 0.3) is 0 Å². The molecule has 1 aromatic carbocycles. The molecule has 0 saturated carbocycles. The van der Waals surface area contributed by atoms with Crippen molar-refractivity contribution in [2.75, 3.05) is 46.9 Å². The van der Waals surface area contributed by atoms with Crippen LogP contribution in [-0.2, 0) is 11.3 Å². The zero-order valence-corrected chi connectivity index (χ0v) is 18.8. The Morgan fingerprint density at radius 3 is 2.54 bits per heavy atom. The third kappa shape index (κ3) is 11.2. The van der Waals surface area contributed by atoms with E-state index < -0.39 is 0 Å². The zero-order valence-electron chi connectivity index (χ0n) is 14.8. The van der Waals surface area contributed by atoms with E-state index in [1.807, 2.05) is 12.1 Å². The molecule has 138 valence electrons. The number of methoxy groups -OCH3 is 1. The molecule has 0 saturated heterocycles. The smallest absolute Gasteiger partial charge is 0.191 e. The van der Waals surface area contributed by atoms with Crippen LogP contribution in [0.3, 0.4) is 0 Å². The number of benzene rings is 1. The zero-order chi connectivity index (χ0) is 16.9. The second-order valence-corrected chi connectivity index (χ2v) is 6.31. The number of hydrogen-bond donors (Lipinski definition) is 2. The highest BCUT2D eigenvalue weighted by molar-refractivity contribution is 14.0. The number of likely N-dealkylation sites (N-methyl/N-ethyl adjacent to an activating group) is 1. The van der Waals surface area contributed by atoms with E-state index in [0.29, 0.717) is 6.54 Å². The maximum Gasteiger partial charge on any atom is 0.191 e. The molecule has 0 aliphatic carbocycles. The van der Waals surface area contributed by atoms with E-state index in [1.54, 1.807) is 7.11 Å². The average molecular weight is 513 g/mol. The van der Waals surface area contributed by atoms with Crippen molar-refractivity contribution in [2.24, 2.45) is 4.99 Å². The maximum atomic E-state index is 5.07. The summed E-state index contributed by atoms with van der Waals surface area (Å²) in [6.45, 7) is 7.31. The van der Waals surface area contributed by atoms with E-state index in [1.165, 1.54) is 5.56 Å². The first-order valence-electron chi connectivity index (χ1n) is 8.09. The molecule has 0 atom stereocenters. The summed E-state index contributed by atoms with van der Waals surface area (Å²) in [7, 11) is 3.87. The summed E-state index contributed by atoms with van der Waals surface area (Å²) in [5, 5.41) is 6.66. The number of hydrogen-bond acceptors (Lipinski definition) is 3. The van der Waals surface area contributed by atoms with Crippen LogP contribution >= 0.6 is 39.9 Å². The Hall–Kier alpha value is -0.380. The number of aliphatic imine (C=N–C) groups is 1. The number of rotatable bonds is 10. The highest BCUT2D eigenvalue weighted by atomic mass is 127. The molecule has 0 spiro atoms. The van der Waals surface area contributed by atoms with Gasteiger partial charge in [0.25, 0.3) is 0 Å². The summed E-state index contributed by atoms with van der Waals surface area (Å²) in [5.41, 5.74) is 1.20. The highest BCUT2D eigenvalue weighted by Gasteiger charge is 2.01. The molecule has 0 heterocycles. The Kier molecular flexibility index (Phi) is 14.7. The fourth-order valence-corrected chi connectivity index (χ4v) is 2.32. The molecule has 1 aromatic rings. The van der Waals surface area contributed by atoms with Gasteiger partial charge in [-0.2, -0.15) is 0 Å². The predicted octanol–water partition coefficient (Wildman–Crippen LogP) is 3.09. The van der Waals surface area contributed by atoms with Gasteiger partial charge in [0.1, 0.15) is 0 Å². The number of nitrogens with one attached hydrogen (secondary N) is 2. The molecule has 0 unspecified atom stereocenters. The molecule has 0 amide bonds. The van der Waals surface area contributed by atoms with Crippen LogP contribution in [0.2, 0.25) is 0 Å². The summed E-state index contributed by atoms with van der Waals surface area (Å²) >= 11 is 3.45. The quantitative estimate of drug-likeness (QED) is 0.219. The minimum Gasteiger partial charge on any atom is -0.385 e. The van der Waals surface area contributed by atoms with E-state index in [0.717, 1.165) is 49.6 Å². The molecule has 5 nitrogen and oxygen atoms in total. The van der Waals surface area contributed by atoms with Gasteiger partial charge >= 0.3 is 0 Å². The van der Waals surface area contributed by atoms with Gasteiger partial charge in [-0.3, -0.25) is 0 Å². The minimum absolute atomic E-state index is 0. The summed E-state index contributed by atoms with van der Waals surface area (Å²) in [6, 6.07) is 8.25. The first-order chi connectivity index (χ1) is 11.2. The lowest BCUT2D eigenvalue weighted by molar-refractivity contribution is 0.180. The molecule has 0 fully saturated rings. The SMILES string of the molecule is CCNC(=NCc1ccc(Br)cc1)NCCN(C)CCCOC.I. The van der Waals surface area contributed by atoms with Crippen molar-refractivity contribution in [1.29, 1.82) is 0 Å². The Morgan fingerprint density at radius 1 is 1.21 bits per heavy atom. The third-order valence-electron chi connectivity index (χ3n) is 3.35. The number of guanidine groups is 1. The molecule has 0 aliphatic heterocycles. The van der Waals surface area contributed by atoms with Crippen molar-refractivity contribution in [3.8, 4) is 0 Å². The fraction of sp³-hybridized carbons (Fsp3) is 0.588. The van der Waals surface area contributed by atoms with Crippen molar-refractivity contribution in [3.05, 3.63) is 34.3 Å². The molecular weight excluding hydrogens is 483 g/mol. The normalized spacial score (nSPS) is 11.3. The molecule has 0 aliphatic rings. The monoisotopic (exact) mass is 512 g/mol. The molecule has 7 heteroatoms. The molecule has 0 bridgehead atoms. The van der Waals surface area contributed by atoms with E-state index in [-0.39, 0.29) is 24.0 Å². The first-order valence-corrected chi connectivity index (χ1v) is 8.89. The Labute approximate surface area is 171 Å². The number of nitrogens with zero attached hydrogens (tertiary/aromatic N) is 2. The van der Waals surface area contributed by atoms with Crippen LogP contribution in [0.1, 0.15) is 18.9 Å². The molecular formula is C17H30BrIN4O. The van der Waals surface area contributed by atoms with Crippen molar-refractivity contribution >= 4 is 45.9 Å². The summed E-state index contributed by atoms with van der Waals surface area (Å²) in [4.78, 5) is 6.92. The van der Waals surface area contributed by atoms with Gasteiger partial charge in [-0.25, -0.2) is 4.99 Å². The van der Waals surface area contributed by atoms with Gasteiger partial charge in [-0.05, 0) is 38.1 Å². The van der Waals surface area contributed by atoms with E-state index in [2.05, 4.69) is 62.6 Å². The molecule has 1 rings (SSSR count). The molecule has 24 heavy (non-hydrogen) atoms. The minimum atomic E-state index is 0. The molecule has 0 radical (unpaired) electrons. The summed E-state index contributed by atoms with van der Waals surface area (Å²) < 4.78 is 6.16. The summed E-state index contributed by atoms with van der Waals surface area (Å²) in [5.74, 6) is 0.862. The lowest BCUT2D eigenvalue weighted by atomic mass is 10.2. The van der Waals surface area contributed by atoms with Crippen LogP contribution in [0, 0.1) is 0 Å². The standard InChI is InChI=1S/C17H29BrN4O.HI/c1-4-19-17(20-10-12-22(2)11-5-13-23-3)21-14-15-6-8-16(18)9-7-15;/h6-9H,4-5,10-14H2,1-3H3,(H2,19,20,21);1H. The Morgan fingerprint density at radius 2 is 1.92 bits per heavy atom. The predicted molar refractivity (Wildman–Crippen MR) is 116 cm³/mol. The van der Waals surface area contributed by atoms with Crippen LogP contribution < -0.4 is 10.6 Å². The van der Waals surface area contributed by atoms with Gasteiger partial charge in [-0.1, -0.05) is 28.1 Å². The van der Waals surface area contributed by atoms with E-state index in [4.69, 9.17) is 4.74 Å². The van der Waals surface area contributed by atoms with Crippen molar-refractivity contribution < 1.29 is 4.74 Å². The average Bonchev–Trinajstić information content (AvgIpc) is 2.54. The maximum absolute atomic E-state index is 5.07. The van der Waals surface area contributed by atoms with Crippen molar-refractivity contribution in [2.45, 2.75) is 19.9 Å². The van der Waals surface area contributed by atoms with Gasteiger partial charge in [0, 0.05) is 44.4 Å². The van der Waals surface area contributed by atoms with E-state index in [9.17, 15) is 0 Å².